The number of nitrogens with zero attached hydrogens (tertiary/aromatic N) is 2. The van der Waals surface area contributed by atoms with E-state index < -0.39 is 10.8 Å². The quantitative estimate of drug-likeness (QED) is 0.691. The van der Waals surface area contributed by atoms with Gasteiger partial charge in [-0.1, -0.05) is 24.3 Å². The van der Waals surface area contributed by atoms with Crippen molar-refractivity contribution in [3.8, 4) is 21.0 Å². The second-order valence-electron chi connectivity index (χ2n) is 5.92. The van der Waals surface area contributed by atoms with E-state index in [9.17, 15) is 8.60 Å². The Kier molecular flexibility index (Phi) is 4.63. The van der Waals surface area contributed by atoms with E-state index in [0.29, 0.717) is 0 Å². The SMILES string of the molecule is O=S1CCN(c2ccc(-c3cnc(-c4cccc(F)c4)s3)cc2)CC1. The van der Waals surface area contributed by atoms with Gasteiger partial charge in [0.2, 0.25) is 0 Å². The van der Waals surface area contributed by atoms with Gasteiger partial charge >= 0.3 is 0 Å². The van der Waals surface area contributed by atoms with Gasteiger partial charge in [-0.25, -0.2) is 9.37 Å². The van der Waals surface area contributed by atoms with Crippen LogP contribution in [0.2, 0.25) is 0 Å². The molecule has 0 bridgehead atoms. The number of halogens is 1. The number of rotatable bonds is 3. The normalized spacial score (nSPS) is 15.5. The van der Waals surface area contributed by atoms with Crippen molar-refractivity contribution in [1.82, 2.24) is 4.98 Å². The molecule has 2 aromatic carbocycles. The van der Waals surface area contributed by atoms with Gasteiger partial charge in [0, 0.05) is 52.8 Å². The van der Waals surface area contributed by atoms with Crippen molar-refractivity contribution >= 4 is 27.8 Å². The van der Waals surface area contributed by atoms with E-state index in [1.54, 1.807) is 17.4 Å². The topological polar surface area (TPSA) is 33.2 Å². The number of hydrogen-bond acceptors (Lipinski definition) is 4. The molecule has 0 unspecified atom stereocenters. The maximum atomic E-state index is 13.4. The van der Waals surface area contributed by atoms with Crippen LogP contribution in [0.4, 0.5) is 10.1 Å². The summed E-state index contributed by atoms with van der Waals surface area (Å²) < 4.78 is 24.9. The second kappa shape index (κ2) is 7.06. The van der Waals surface area contributed by atoms with Crippen LogP contribution in [0.3, 0.4) is 0 Å². The van der Waals surface area contributed by atoms with Crippen molar-refractivity contribution in [2.75, 3.05) is 29.5 Å². The van der Waals surface area contributed by atoms with Crippen LogP contribution in [-0.2, 0) is 10.8 Å². The maximum absolute atomic E-state index is 13.4. The van der Waals surface area contributed by atoms with Crippen LogP contribution in [0.15, 0.2) is 54.7 Å². The van der Waals surface area contributed by atoms with Crippen LogP contribution >= 0.6 is 11.3 Å². The van der Waals surface area contributed by atoms with Crippen LogP contribution in [0.25, 0.3) is 21.0 Å². The highest BCUT2D eigenvalue weighted by Gasteiger charge is 2.15. The molecule has 1 saturated heterocycles. The van der Waals surface area contributed by atoms with Gasteiger partial charge in [0.05, 0.1) is 4.88 Å². The van der Waals surface area contributed by atoms with Crippen molar-refractivity contribution < 1.29 is 8.60 Å². The summed E-state index contributed by atoms with van der Waals surface area (Å²) in [7, 11) is -0.661. The lowest BCUT2D eigenvalue weighted by Crippen LogP contribution is -2.37. The summed E-state index contributed by atoms with van der Waals surface area (Å²) in [4.78, 5) is 7.77. The molecule has 0 atom stereocenters. The molecule has 4 rings (SSSR count). The molecule has 0 radical (unpaired) electrons. The third-order valence-corrected chi connectivity index (χ3v) is 6.64. The van der Waals surface area contributed by atoms with Crippen molar-refractivity contribution in [1.29, 1.82) is 0 Å². The Hall–Kier alpha value is -2.05. The summed E-state index contributed by atoms with van der Waals surface area (Å²) >= 11 is 1.56. The van der Waals surface area contributed by atoms with Gasteiger partial charge in [-0.15, -0.1) is 11.3 Å². The molecule has 0 saturated carbocycles. The van der Waals surface area contributed by atoms with Crippen molar-refractivity contribution in [2.45, 2.75) is 0 Å². The number of benzene rings is 2. The summed E-state index contributed by atoms with van der Waals surface area (Å²) in [6.07, 6.45) is 1.84. The summed E-state index contributed by atoms with van der Waals surface area (Å²) in [5.74, 6) is 1.24. The Bertz CT molecular complexity index is 898. The lowest BCUT2D eigenvalue weighted by Gasteiger charge is -2.28. The molecule has 1 fully saturated rings. The number of thiazole rings is 1. The third kappa shape index (κ3) is 3.65. The molecule has 3 nitrogen and oxygen atoms in total. The van der Waals surface area contributed by atoms with Gasteiger partial charge in [0.15, 0.2) is 0 Å². The highest BCUT2D eigenvalue weighted by atomic mass is 32.2. The van der Waals surface area contributed by atoms with Gasteiger partial charge < -0.3 is 4.90 Å². The van der Waals surface area contributed by atoms with Crippen LogP contribution < -0.4 is 4.90 Å². The van der Waals surface area contributed by atoms with E-state index in [0.717, 1.165) is 51.3 Å². The van der Waals surface area contributed by atoms with E-state index >= 15 is 0 Å². The summed E-state index contributed by atoms with van der Waals surface area (Å²) in [6, 6.07) is 14.9. The monoisotopic (exact) mass is 372 g/mol. The van der Waals surface area contributed by atoms with E-state index in [1.165, 1.54) is 12.1 Å². The average molecular weight is 372 g/mol. The van der Waals surface area contributed by atoms with Gasteiger partial charge in [-0.2, -0.15) is 0 Å². The highest BCUT2D eigenvalue weighted by Crippen LogP contribution is 2.33. The van der Waals surface area contributed by atoms with Crippen molar-refractivity contribution in [3.05, 3.63) is 60.5 Å². The fourth-order valence-corrected chi connectivity index (χ4v) is 4.87. The third-order valence-electron chi connectivity index (χ3n) is 4.27. The zero-order valence-corrected chi connectivity index (χ0v) is 15.2. The average Bonchev–Trinajstić information content (AvgIpc) is 3.13. The van der Waals surface area contributed by atoms with Crippen LogP contribution in [-0.4, -0.2) is 33.8 Å². The summed E-state index contributed by atoms with van der Waals surface area (Å²) in [5.41, 5.74) is 3.06. The lowest BCUT2D eigenvalue weighted by molar-refractivity contribution is 0.628. The fraction of sp³-hybridized carbons (Fsp3) is 0.211. The van der Waals surface area contributed by atoms with Gasteiger partial charge in [-0.3, -0.25) is 4.21 Å². The molecular weight excluding hydrogens is 355 g/mol. The second-order valence-corrected chi connectivity index (χ2v) is 8.65. The predicted octanol–water partition coefficient (Wildman–Crippen LogP) is 4.18. The van der Waals surface area contributed by atoms with E-state index in [1.807, 2.05) is 12.3 Å². The van der Waals surface area contributed by atoms with Gasteiger partial charge in [-0.05, 0) is 29.8 Å². The first-order valence-electron chi connectivity index (χ1n) is 8.11. The van der Waals surface area contributed by atoms with Crippen LogP contribution in [0.1, 0.15) is 0 Å². The minimum Gasteiger partial charge on any atom is -0.370 e. The Morgan fingerprint density at radius 1 is 1.04 bits per heavy atom. The zero-order chi connectivity index (χ0) is 17.2. The molecule has 1 aromatic heterocycles. The minimum absolute atomic E-state index is 0.249. The van der Waals surface area contributed by atoms with E-state index in [2.05, 4.69) is 34.1 Å². The largest absolute Gasteiger partial charge is 0.370 e. The van der Waals surface area contributed by atoms with Crippen LogP contribution in [0, 0.1) is 5.82 Å². The molecule has 1 aliphatic rings. The molecule has 0 N–H and O–H groups in total. The fourth-order valence-electron chi connectivity index (χ4n) is 2.90. The Morgan fingerprint density at radius 3 is 2.52 bits per heavy atom. The Labute approximate surface area is 152 Å². The standard InChI is InChI=1S/C19H17FN2OS2/c20-16-3-1-2-15(12-16)19-21-13-18(24-19)14-4-6-17(7-5-14)22-8-10-25(23)11-9-22/h1-7,12-13H,8-11H2. The van der Waals surface area contributed by atoms with Gasteiger partial charge in [0.25, 0.3) is 0 Å². The van der Waals surface area contributed by atoms with Crippen LogP contribution in [0.5, 0.6) is 0 Å². The molecule has 25 heavy (non-hydrogen) atoms. The highest BCUT2D eigenvalue weighted by molar-refractivity contribution is 7.85. The number of aromatic nitrogens is 1. The van der Waals surface area contributed by atoms with Gasteiger partial charge in [0.1, 0.15) is 10.8 Å². The van der Waals surface area contributed by atoms with E-state index in [-0.39, 0.29) is 5.82 Å². The first kappa shape index (κ1) is 16.4. The predicted molar refractivity (Wildman–Crippen MR) is 103 cm³/mol. The zero-order valence-electron chi connectivity index (χ0n) is 13.5. The molecule has 0 amide bonds. The molecule has 2 heterocycles. The Morgan fingerprint density at radius 2 is 1.80 bits per heavy atom. The number of hydrogen-bond donors (Lipinski definition) is 0. The molecule has 1 aliphatic heterocycles. The number of anilines is 1. The summed E-state index contributed by atoms with van der Waals surface area (Å²) in [5, 5.41) is 0.817. The smallest absolute Gasteiger partial charge is 0.123 e. The Balaban J connectivity index is 1.54. The molecule has 0 aliphatic carbocycles. The summed E-state index contributed by atoms with van der Waals surface area (Å²) in [6.45, 7) is 1.69. The lowest BCUT2D eigenvalue weighted by atomic mass is 10.1. The molecule has 128 valence electrons. The molecular formula is C19H17FN2OS2. The van der Waals surface area contributed by atoms with Crippen molar-refractivity contribution in [3.63, 3.8) is 0 Å². The molecule has 0 spiro atoms. The first-order chi connectivity index (χ1) is 12.2. The van der Waals surface area contributed by atoms with E-state index in [4.69, 9.17) is 0 Å². The van der Waals surface area contributed by atoms with Crippen molar-refractivity contribution in [2.24, 2.45) is 0 Å². The minimum atomic E-state index is -0.661. The molecule has 6 heteroatoms. The maximum Gasteiger partial charge on any atom is 0.123 e. The first-order valence-corrected chi connectivity index (χ1v) is 10.4. The molecule has 3 aromatic rings.